The monoisotopic (exact) mass is 262 g/mol. The number of nitrogens with two attached hydrogens (primary N) is 2. The molecule has 0 aromatic heterocycles. The van der Waals surface area contributed by atoms with E-state index in [1.54, 1.807) is 0 Å². The summed E-state index contributed by atoms with van der Waals surface area (Å²) in [6.45, 7) is 4.63. The fraction of sp³-hybridized carbons (Fsp3) is 1.00. The first kappa shape index (κ1) is 16.5. The predicted octanol–water partition coefficient (Wildman–Crippen LogP) is 1.23. The summed E-state index contributed by atoms with van der Waals surface area (Å²) in [5.41, 5.74) is 10.7. The summed E-state index contributed by atoms with van der Waals surface area (Å²) in [5, 5.41) is 0. The maximum absolute atomic E-state index is 5.57. The van der Waals surface area contributed by atoms with Crippen molar-refractivity contribution in [1.82, 2.24) is 0 Å². The predicted molar refractivity (Wildman–Crippen MR) is 52.6 cm³/mol. The highest BCUT2D eigenvalue weighted by Crippen LogP contribution is 1.99. The normalized spacial score (nSPS) is 9.33. The molecule has 0 aromatic rings. The van der Waals surface area contributed by atoms with Crippen molar-refractivity contribution in [3.63, 3.8) is 0 Å². The number of hydrogen-bond acceptors (Lipinski definition) is 2. The second-order valence-corrected chi connectivity index (χ2v) is 2.53. The van der Waals surface area contributed by atoms with Crippen LogP contribution in [-0.2, 0) is 0 Å². The smallest absolute Gasteiger partial charge is 0.0109 e. The Bertz CT molecular complexity index is 51.4. The Morgan fingerprint density at radius 3 is 1.56 bits per heavy atom. The van der Waals surface area contributed by atoms with Gasteiger partial charge in [-0.05, 0) is 26.8 Å². The van der Waals surface area contributed by atoms with Crippen LogP contribution in [0.25, 0.3) is 0 Å². The summed E-state index contributed by atoms with van der Waals surface area (Å²) in [6, 6.07) is 0. The van der Waals surface area contributed by atoms with Crippen LogP contribution in [0.15, 0.2) is 0 Å². The second-order valence-electron chi connectivity index (χ2n) is 2.53. The lowest BCUT2D eigenvalue weighted by Crippen LogP contribution is -2.34. The van der Waals surface area contributed by atoms with Crippen LogP contribution >= 0.6 is 34.0 Å². The molecule has 60 valence electrons. The molecular formula is C5H16Br2N2. The molecule has 0 aliphatic rings. The molecule has 0 aliphatic carbocycles. The van der Waals surface area contributed by atoms with Gasteiger partial charge in [0, 0.05) is 5.54 Å². The molecule has 0 atom stereocenters. The first-order valence-corrected chi connectivity index (χ1v) is 2.55. The van der Waals surface area contributed by atoms with E-state index in [1.165, 1.54) is 0 Å². The lowest BCUT2D eigenvalue weighted by atomic mass is 10.0. The van der Waals surface area contributed by atoms with Gasteiger partial charge in [0.1, 0.15) is 0 Å². The summed E-state index contributed by atoms with van der Waals surface area (Å²) >= 11 is 0. The fourth-order valence-electron chi connectivity index (χ4n) is 0.372. The quantitative estimate of drug-likeness (QED) is 0.788. The lowest BCUT2D eigenvalue weighted by molar-refractivity contribution is 0.484. The minimum atomic E-state index is -0.0747. The molecule has 4 heteroatoms. The van der Waals surface area contributed by atoms with Gasteiger partial charge in [0.2, 0.25) is 0 Å². The first-order chi connectivity index (χ1) is 3.06. The third-order valence-electron chi connectivity index (χ3n) is 0.789. The Labute approximate surface area is 77.9 Å². The average Bonchev–Trinajstić information content (AvgIpc) is 1.30. The molecule has 0 amide bonds. The van der Waals surface area contributed by atoms with Gasteiger partial charge < -0.3 is 11.5 Å². The lowest BCUT2D eigenvalue weighted by Gasteiger charge is -2.15. The van der Waals surface area contributed by atoms with E-state index >= 15 is 0 Å². The summed E-state index contributed by atoms with van der Waals surface area (Å²) in [5.74, 6) is 0. The van der Waals surface area contributed by atoms with Gasteiger partial charge in [-0.2, -0.15) is 0 Å². The molecule has 0 spiro atoms. The SMILES string of the molecule is Br.Br.CC(C)(N)CCN. The number of rotatable bonds is 2. The average molecular weight is 264 g/mol. The third kappa shape index (κ3) is 17.7. The minimum Gasteiger partial charge on any atom is -0.330 e. The molecule has 0 fully saturated rings. The third-order valence-corrected chi connectivity index (χ3v) is 0.789. The van der Waals surface area contributed by atoms with Crippen molar-refractivity contribution < 1.29 is 0 Å². The van der Waals surface area contributed by atoms with Gasteiger partial charge in [0.15, 0.2) is 0 Å². The van der Waals surface area contributed by atoms with E-state index in [9.17, 15) is 0 Å². The Kier molecular flexibility index (Phi) is 12.8. The highest BCUT2D eigenvalue weighted by molar-refractivity contribution is 8.93. The summed E-state index contributed by atoms with van der Waals surface area (Å²) in [6.07, 6.45) is 0.896. The standard InChI is InChI=1S/C5H14N2.2BrH/c1-5(2,7)3-4-6;;/h3-4,6-7H2,1-2H3;2*1H. The van der Waals surface area contributed by atoms with Crippen molar-refractivity contribution in [2.24, 2.45) is 11.5 Å². The number of halogens is 2. The van der Waals surface area contributed by atoms with Gasteiger partial charge in [0.05, 0.1) is 0 Å². The molecule has 0 aromatic carbocycles. The van der Waals surface area contributed by atoms with Crippen molar-refractivity contribution in [3.05, 3.63) is 0 Å². The molecule has 4 N–H and O–H groups in total. The highest BCUT2D eigenvalue weighted by Gasteiger charge is 2.06. The molecule has 0 aliphatic heterocycles. The van der Waals surface area contributed by atoms with E-state index in [1.807, 2.05) is 13.8 Å². The van der Waals surface area contributed by atoms with Crippen LogP contribution < -0.4 is 11.5 Å². The Hall–Kier alpha value is 0.880. The van der Waals surface area contributed by atoms with Gasteiger partial charge in [-0.3, -0.25) is 0 Å². The first-order valence-electron chi connectivity index (χ1n) is 2.55. The Balaban J connectivity index is -0.000000180. The van der Waals surface area contributed by atoms with Crippen LogP contribution in [-0.4, -0.2) is 12.1 Å². The van der Waals surface area contributed by atoms with E-state index in [0.717, 1.165) is 6.42 Å². The molecule has 0 heterocycles. The van der Waals surface area contributed by atoms with E-state index in [0.29, 0.717) is 6.54 Å². The van der Waals surface area contributed by atoms with Crippen LogP contribution in [0.1, 0.15) is 20.3 Å². The van der Waals surface area contributed by atoms with Crippen LogP contribution in [0.4, 0.5) is 0 Å². The molecule has 9 heavy (non-hydrogen) atoms. The second kappa shape index (κ2) is 6.99. The summed E-state index contributed by atoms with van der Waals surface area (Å²) < 4.78 is 0. The van der Waals surface area contributed by atoms with Crippen LogP contribution in [0.5, 0.6) is 0 Å². The van der Waals surface area contributed by atoms with Gasteiger partial charge in [-0.1, -0.05) is 0 Å². The Morgan fingerprint density at radius 1 is 1.22 bits per heavy atom. The summed E-state index contributed by atoms with van der Waals surface area (Å²) in [4.78, 5) is 0. The molecule has 0 saturated carbocycles. The molecule has 0 radical (unpaired) electrons. The topological polar surface area (TPSA) is 52.0 Å². The van der Waals surface area contributed by atoms with Crippen molar-refractivity contribution in [3.8, 4) is 0 Å². The largest absolute Gasteiger partial charge is 0.330 e. The molecule has 2 nitrogen and oxygen atoms in total. The van der Waals surface area contributed by atoms with Gasteiger partial charge in [-0.25, -0.2) is 0 Å². The zero-order valence-corrected chi connectivity index (χ0v) is 9.31. The van der Waals surface area contributed by atoms with Crippen molar-refractivity contribution in [1.29, 1.82) is 0 Å². The van der Waals surface area contributed by atoms with Crippen LogP contribution in [0, 0.1) is 0 Å². The Morgan fingerprint density at radius 2 is 1.56 bits per heavy atom. The molecular weight excluding hydrogens is 248 g/mol. The highest BCUT2D eigenvalue weighted by atomic mass is 79.9. The molecule has 0 rings (SSSR count). The molecule has 0 bridgehead atoms. The van der Waals surface area contributed by atoms with E-state index in [4.69, 9.17) is 11.5 Å². The molecule has 0 saturated heterocycles. The molecule has 0 unspecified atom stereocenters. The zero-order chi connectivity index (χ0) is 5.91. The van der Waals surface area contributed by atoms with Gasteiger partial charge in [-0.15, -0.1) is 34.0 Å². The zero-order valence-electron chi connectivity index (χ0n) is 5.89. The van der Waals surface area contributed by atoms with Crippen molar-refractivity contribution in [2.75, 3.05) is 6.54 Å². The van der Waals surface area contributed by atoms with Gasteiger partial charge in [0.25, 0.3) is 0 Å². The summed E-state index contributed by atoms with van der Waals surface area (Å²) in [7, 11) is 0. The number of hydrogen-bond donors (Lipinski definition) is 2. The van der Waals surface area contributed by atoms with Crippen LogP contribution in [0.3, 0.4) is 0 Å². The van der Waals surface area contributed by atoms with Crippen molar-refractivity contribution in [2.45, 2.75) is 25.8 Å². The van der Waals surface area contributed by atoms with Crippen molar-refractivity contribution >= 4 is 34.0 Å². The van der Waals surface area contributed by atoms with Gasteiger partial charge >= 0.3 is 0 Å². The van der Waals surface area contributed by atoms with Crippen LogP contribution in [0.2, 0.25) is 0 Å². The maximum atomic E-state index is 5.57. The fourth-order valence-corrected chi connectivity index (χ4v) is 0.372. The minimum absolute atomic E-state index is 0. The van der Waals surface area contributed by atoms with E-state index < -0.39 is 0 Å². The van der Waals surface area contributed by atoms with E-state index in [-0.39, 0.29) is 39.5 Å². The maximum Gasteiger partial charge on any atom is 0.0109 e. The van der Waals surface area contributed by atoms with E-state index in [2.05, 4.69) is 0 Å².